The maximum Gasteiger partial charge on any atom is 0.349 e. The van der Waals surface area contributed by atoms with E-state index in [2.05, 4.69) is 11.4 Å². The van der Waals surface area contributed by atoms with Crippen molar-refractivity contribution in [3.05, 3.63) is 55.9 Å². The van der Waals surface area contributed by atoms with Crippen molar-refractivity contribution in [1.82, 2.24) is 5.32 Å². The van der Waals surface area contributed by atoms with Gasteiger partial charge in [0.2, 0.25) is 0 Å². The van der Waals surface area contributed by atoms with Crippen molar-refractivity contribution < 1.29 is 24.0 Å². The van der Waals surface area contributed by atoms with E-state index in [1.807, 2.05) is 26.8 Å². The Hall–Kier alpha value is -2.94. The van der Waals surface area contributed by atoms with Gasteiger partial charge < -0.3 is 14.8 Å². The van der Waals surface area contributed by atoms with Gasteiger partial charge in [0.1, 0.15) is 10.6 Å². The van der Waals surface area contributed by atoms with Gasteiger partial charge in [-0.2, -0.15) is 0 Å². The molecule has 1 amide bonds. The first kappa shape index (κ1) is 21.4. The second-order valence-electron chi connectivity index (χ2n) is 6.23. The summed E-state index contributed by atoms with van der Waals surface area (Å²) in [6.07, 6.45) is 0.600. The zero-order chi connectivity index (χ0) is 20.7. The molecule has 9 heteroatoms. The lowest BCUT2D eigenvalue weighted by molar-refractivity contribution is -0.380. The molecule has 2 rings (SSSR count). The summed E-state index contributed by atoms with van der Waals surface area (Å²) >= 11 is 0.704. The first-order valence-corrected chi connectivity index (χ1v) is 9.48. The summed E-state index contributed by atoms with van der Waals surface area (Å²) in [5.41, 5.74) is 3.39. The molecule has 0 spiro atoms. The molecule has 1 aromatic heterocycles. The lowest BCUT2D eigenvalue weighted by Crippen LogP contribution is -2.30. The van der Waals surface area contributed by atoms with Crippen LogP contribution in [0.3, 0.4) is 0 Å². The molecule has 0 bridgehead atoms. The maximum atomic E-state index is 11.8. The Morgan fingerprint density at radius 3 is 2.64 bits per heavy atom. The molecule has 0 aliphatic heterocycles. The van der Waals surface area contributed by atoms with Gasteiger partial charge in [-0.15, -0.1) is 0 Å². The van der Waals surface area contributed by atoms with Crippen LogP contribution in [0.1, 0.15) is 32.8 Å². The van der Waals surface area contributed by atoms with E-state index in [0.717, 1.165) is 16.9 Å². The second-order valence-corrected chi connectivity index (χ2v) is 7.29. The fourth-order valence-electron chi connectivity index (χ4n) is 2.42. The van der Waals surface area contributed by atoms with Crippen molar-refractivity contribution in [3.8, 4) is 5.75 Å². The standard InChI is InChI=1S/C19H22N2O6S/c1-12-9-13(2)14(3)15(10-12)26-8-4-7-20-17(22)11-27-19(23)16-5-6-18(28-16)21(24)25/h5-6,9-10H,4,7-8,11H2,1-3H3,(H,20,22). The van der Waals surface area contributed by atoms with Crippen LogP contribution in [0.4, 0.5) is 5.00 Å². The Bertz CT molecular complexity index is 877. The van der Waals surface area contributed by atoms with Crippen molar-refractivity contribution in [2.75, 3.05) is 19.8 Å². The third-order valence-electron chi connectivity index (χ3n) is 3.97. The van der Waals surface area contributed by atoms with Crippen LogP contribution in [0.25, 0.3) is 0 Å². The lowest BCUT2D eigenvalue weighted by atomic mass is 10.1. The third-order valence-corrected chi connectivity index (χ3v) is 4.99. The van der Waals surface area contributed by atoms with Crippen molar-refractivity contribution >= 4 is 28.2 Å². The minimum absolute atomic E-state index is 0.0803. The Labute approximate surface area is 166 Å². The predicted molar refractivity (Wildman–Crippen MR) is 105 cm³/mol. The number of rotatable bonds is 9. The first-order chi connectivity index (χ1) is 13.3. The number of hydrogen-bond donors (Lipinski definition) is 1. The Balaban J connectivity index is 1.66. The molecular weight excluding hydrogens is 384 g/mol. The number of amides is 1. The van der Waals surface area contributed by atoms with Crippen LogP contribution in [-0.2, 0) is 9.53 Å². The van der Waals surface area contributed by atoms with Crippen LogP contribution in [0.15, 0.2) is 24.3 Å². The molecule has 0 radical (unpaired) electrons. The van der Waals surface area contributed by atoms with Crippen LogP contribution in [0, 0.1) is 30.9 Å². The Morgan fingerprint density at radius 1 is 1.21 bits per heavy atom. The molecule has 2 aromatic rings. The van der Waals surface area contributed by atoms with E-state index in [1.54, 1.807) is 0 Å². The molecule has 0 atom stereocenters. The normalized spacial score (nSPS) is 10.4. The zero-order valence-corrected chi connectivity index (χ0v) is 16.8. The molecule has 1 heterocycles. The summed E-state index contributed by atoms with van der Waals surface area (Å²) < 4.78 is 10.6. The molecule has 0 aliphatic rings. The molecule has 1 aromatic carbocycles. The van der Waals surface area contributed by atoms with E-state index in [9.17, 15) is 19.7 Å². The van der Waals surface area contributed by atoms with Crippen molar-refractivity contribution in [2.24, 2.45) is 0 Å². The van der Waals surface area contributed by atoms with Crippen LogP contribution in [0.2, 0.25) is 0 Å². The molecule has 1 N–H and O–H groups in total. The highest BCUT2D eigenvalue weighted by atomic mass is 32.1. The Kier molecular flexibility index (Phi) is 7.51. The van der Waals surface area contributed by atoms with E-state index in [0.29, 0.717) is 30.9 Å². The fourth-order valence-corrected chi connectivity index (χ4v) is 3.14. The lowest BCUT2D eigenvalue weighted by Gasteiger charge is -2.12. The van der Waals surface area contributed by atoms with Gasteiger partial charge in [-0.3, -0.25) is 14.9 Å². The largest absolute Gasteiger partial charge is 0.493 e. The SMILES string of the molecule is Cc1cc(C)c(C)c(OCCCNC(=O)COC(=O)c2ccc([N+](=O)[O-])s2)c1. The average Bonchev–Trinajstić information content (AvgIpc) is 3.13. The number of nitro groups is 1. The first-order valence-electron chi connectivity index (χ1n) is 8.66. The minimum Gasteiger partial charge on any atom is -0.493 e. The molecule has 0 saturated heterocycles. The maximum absolute atomic E-state index is 11.8. The number of carbonyl (C=O) groups is 2. The van der Waals surface area contributed by atoms with Gasteiger partial charge in [-0.05, 0) is 56.0 Å². The number of aryl methyl sites for hydroxylation is 2. The molecule has 0 fully saturated rings. The topological polar surface area (TPSA) is 108 Å². The van der Waals surface area contributed by atoms with Gasteiger partial charge >= 0.3 is 11.0 Å². The highest BCUT2D eigenvalue weighted by molar-refractivity contribution is 7.17. The quantitative estimate of drug-likeness (QED) is 0.296. The molecule has 8 nitrogen and oxygen atoms in total. The number of thiophene rings is 1. The van der Waals surface area contributed by atoms with E-state index in [4.69, 9.17) is 9.47 Å². The van der Waals surface area contributed by atoms with E-state index >= 15 is 0 Å². The number of nitrogens with zero attached hydrogens (tertiary/aromatic N) is 1. The van der Waals surface area contributed by atoms with Crippen LogP contribution in [-0.4, -0.2) is 36.6 Å². The van der Waals surface area contributed by atoms with Crippen molar-refractivity contribution in [1.29, 1.82) is 0 Å². The molecule has 28 heavy (non-hydrogen) atoms. The van der Waals surface area contributed by atoms with Crippen LogP contribution >= 0.6 is 11.3 Å². The van der Waals surface area contributed by atoms with Gasteiger partial charge in [0, 0.05) is 12.6 Å². The van der Waals surface area contributed by atoms with Crippen molar-refractivity contribution in [2.45, 2.75) is 27.2 Å². The van der Waals surface area contributed by atoms with Gasteiger partial charge in [-0.25, -0.2) is 4.79 Å². The summed E-state index contributed by atoms with van der Waals surface area (Å²) in [6.45, 7) is 6.43. The summed E-state index contributed by atoms with van der Waals surface area (Å²) in [4.78, 5) is 33.6. The smallest absolute Gasteiger partial charge is 0.349 e. The highest BCUT2D eigenvalue weighted by Gasteiger charge is 2.17. The summed E-state index contributed by atoms with van der Waals surface area (Å²) in [7, 11) is 0. The number of esters is 1. The molecule has 0 aliphatic carbocycles. The number of nitrogens with one attached hydrogen (secondary N) is 1. The third kappa shape index (κ3) is 6.05. The number of carbonyl (C=O) groups excluding carboxylic acids is 2. The predicted octanol–water partition coefficient (Wildman–Crippen LogP) is 3.32. The summed E-state index contributed by atoms with van der Waals surface area (Å²) in [5.74, 6) is -0.369. The van der Waals surface area contributed by atoms with E-state index in [-0.39, 0.29) is 9.88 Å². The van der Waals surface area contributed by atoms with Gasteiger partial charge in [0.15, 0.2) is 6.61 Å². The monoisotopic (exact) mass is 406 g/mol. The minimum atomic E-state index is -0.762. The van der Waals surface area contributed by atoms with Gasteiger partial charge in [-0.1, -0.05) is 17.4 Å². The van der Waals surface area contributed by atoms with Crippen molar-refractivity contribution in [3.63, 3.8) is 0 Å². The zero-order valence-electron chi connectivity index (χ0n) is 15.9. The van der Waals surface area contributed by atoms with E-state index < -0.39 is 23.4 Å². The van der Waals surface area contributed by atoms with Gasteiger partial charge in [0.25, 0.3) is 5.91 Å². The number of ether oxygens (including phenoxy) is 2. The molecular formula is C19H22N2O6S. The van der Waals surface area contributed by atoms with Crippen LogP contribution in [0.5, 0.6) is 5.75 Å². The Morgan fingerprint density at radius 2 is 1.96 bits per heavy atom. The second kappa shape index (κ2) is 9.84. The average molecular weight is 406 g/mol. The van der Waals surface area contributed by atoms with Crippen LogP contribution < -0.4 is 10.1 Å². The molecule has 0 unspecified atom stereocenters. The fraction of sp³-hybridized carbons (Fsp3) is 0.368. The summed E-state index contributed by atoms with van der Waals surface area (Å²) in [5, 5.41) is 13.1. The van der Waals surface area contributed by atoms with Gasteiger partial charge in [0.05, 0.1) is 11.5 Å². The summed E-state index contributed by atoms with van der Waals surface area (Å²) in [6, 6.07) is 6.60. The highest BCUT2D eigenvalue weighted by Crippen LogP contribution is 2.24. The number of benzene rings is 1. The number of hydrogen-bond acceptors (Lipinski definition) is 7. The molecule has 150 valence electrons. The molecule has 0 saturated carbocycles. The van der Waals surface area contributed by atoms with E-state index in [1.165, 1.54) is 17.7 Å².